The highest BCUT2D eigenvalue weighted by molar-refractivity contribution is 7.98. The van der Waals surface area contributed by atoms with Crippen LogP contribution < -0.4 is 5.32 Å². The number of amides is 1. The van der Waals surface area contributed by atoms with E-state index in [0.717, 1.165) is 35.3 Å². The molecule has 4 rings (SSSR count). The number of hydrogen-bond acceptors (Lipinski definition) is 7. The summed E-state index contributed by atoms with van der Waals surface area (Å²) in [7, 11) is 1.34. The Balaban J connectivity index is 1.55. The molecular weight excluding hydrogens is 442 g/mol. The van der Waals surface area contributed by atoms with E-state index in [9.17, 15) is 9.59 Å². The number of benzene rings is 1. The molecule has 1 amide bonds. The number of fused-ring (bicyclic) bond motifs is 1. The Kier molecular flexibility index (Phi) is 6.36. The van der Waals surface area contributed by atoms with Crippen LogP contribution >= 0.6 is 34.7 Å². The Labute approximate surface area is 187 Å². The van der Waals surface area contributed by atoms with Crippen molar-refractivity contribution in [1.29, 1.82) is 0 Å². The number of thiophene rings is 1. The highest BCUT2D eigenvalue weighted by Gasteiger charge is 2.28. The van der Waals surface area contributed by atoms with Crippen molar-refractivity contribution in [1.82, 2.24) is 9.97 Å². The predicted octanol–water partition coefficient (Wildman–Crippen LogP) is 5.01. The zero-order chi connectivity index (χ0) is 21.1. The number of rotatable bonds is 6. The number of carbonyl (C=O) groups excluding carboxylic acids is 2. The lowest BCUT2D eigenvalue weighted by Crippen LogP contribution is -2.17. The van der Waals surface area contributed by atoms with Crippen LogP contribution in [0.2, 0.25) is 5.02 Å². The van der Waals surface area contributed by atoms with Gasteiger partial charge in [-0.25, -0.2) is 14.8 Å². The average Bonchev–Trinajstić information content (AvgIpc) is 3.34. The first kappa shape index (κ1) is 20.8. The molecule has 6 nitrogen and oxygen atoms in total. The van der Waals surface area contributed by atoms with Crippen LogP contribution in [0.1, 0.15) is 43.3 Å². The van der Waals surface area contributed by atoms with Crippen LogP contribution in [0.25, 0.3) is 0 Å². The molecule has 1 aliphatic rings. The largest absolute Gasteiger partial charge is 0.465 e. The molecule has 0 saturated carbocycles. The maximum Gasteiger partial charge on any atom is 0.341 e. The third-order valence-corrected chi connectivity index (χ3v) is 7.10. The lowest BCUT2D eigenvalue weighted by molar-refractivity contribution is 0.0601. The topological polar surface area (TPSA) is 81.2 Å². The fourth-order valence-electron chi connectivity index (χ4n) is 3.27. The molecule has 9 heteroatoms. The molecule has 1 aromatic carbocycles. The number of aromatic nitrogens is 2. The van der Waals surface area contributed by atoms with Gasteiger partial charge in [-0.3, -0.25) is 4.79 Å². The molecule has 3 aromatic rings. The molecule has 0 atom stereocenters. The van der Waals surface area contributed by atoms with Crippen molar-refractivity contribution >= 4 is 51.6 Å². The second-order valence-corrected chi connectivity index (χ2v) is 9.09. The number of esters is 1. The minimum atomic E-state index is -0.478. The minimum Gasteiger partial charge on any atom is -0.465 e. The van der Waals surface area contributed by atoms with Gasteiger partial charge in [0.15, 0.2) is 10.9 Å². The van der Waals surface area contributed by atoms with Crippen LogP contribution in [0, 0.1) is 0 Å². The van der Waals surface area contributed by atoms with Crippen molar-refractivity contribution in [3.05, 3.63) is 68.8 Å². The van der Waals surface area contributed by atoms with Crippen molar-refractivity contribution in [3.8, 4) is 0 Å². The van der Waals surface area contributed by atoms with Gasteiger partial charge in [-0.05, 0) is 30.4 Å². The molecule has 0 spiro atoms. The van der Waals surface area contributed by atoms with E-state index in [-0.39, 0.29) is 10.7 Å². The van der Waals surface area contributed by atoms with Gasteiger partial charge in [0, 0.05) is 10.6 Å². The van der Waals surface area contributed by atoms with Gasteiger partial charge in [0.1, 0.15) is 5.00 Å². The summed E-state index contributed by atoms with van der Waals surface area (Å²) in [5.74, 6) is -0.250. The first-order valence-electron chi connectivity index (χ1n) is 9.30. The first-order valence-corrected chi connectivity index (χ1v) is 11.5. The van der Waals surface area contributed by atoms with Gasteiger partial charge < -0.3 is 10.1 Å². The van der Waals surface area contributed by atoms with Gasteiger partial charge in [-0.1, -0.05) is 53.7 Å². The van der Waals surface area contributed by atoms with E-state index < -0.39 is 11.9 Å². The summed E-state index contributed by atoms with van der Waals surface area (Å²) in [4.78, 5) is 34.9. The van der Waals surface area contributed by atoms with Gasteiger partial charge in [-0.15, -0.1) is 11.3 Å². The number of carbonyl (C=O) groups is 2. The van der Waals surface area contributed by atoms with E-state index in [2.05, 4.69) is 15.3 Å². The van der Waals surface area contributed by atoms with Crippen LogP contribution in [-0.4, -0.2) is 29.0 Å². The Bertz CT molecular complexity index is 1100. The number of thioether (sulfide) groups is 1. The van der Waals surface area contributed by atoms with Crippen molar-refractivity contribution in [2.24, 2.45) is 0 Å². The number of anilines is 1. The lowest BCUT2D eigenvalue weighted by Gasteiger charge is -2.08. The molecule has 1 aliphatic carbocycles. The highest BCUT2D eigenvalue weighted by Crippen LogP contribution is 2.39. The molecule has 2 aromatic heterocycles. The lowest BCUT2D eigenvalue weighted by atomic mass is 10.1. The van der Waals surface area contributed by atoms with Crippen molar-refractivity contribution in [2.75, 3.05) is 12.4 Å². The number of ether oxygens (including phenoxy) is 1. The number of aryl methyl sites for hydroxylation is 1. The summed E-state index contributed by atoms with van der Waals surface area (Å²) in [5, 5.41) is 3.89. The molecular formula is C21H18ClN3O3S2. The average molecular weight is 460 g/mol. The van der Waals surface area contributed by atoms with Crippen molar-refractivity contribution < 1.29 is 14.3 Å². The summed E-state index contributed by atoms with van der Waals surface area (Å²) < 4.78 is 4.93. The number of halogens is 1. The van der Waals surface area contributed by atoms with Gasteiger partial charge in [0.2, 0.25) is 0 Å². The smallest absolute Gasteiger partial charge is 0.341 e. The zero-order valence-electron chi connectivity index (χ0n) is 16.1. The maximum atomic E-state index is 12.9. The quantitative estimate of drug-likeness (QED) is 0.317. The van der Waals surface area contributed by atoms with E-state index in [4.69, 9.17) is 16.3 Å². The molecule has 0 fully saturated rings. The summed E-state index contributed by atoms with van der Waals surface area (Å²) in [6, 6.07) is 9.92. The Morgan fingerprint density at radius 3 is 2.83 bits per heavy atom. The third-order valence-electron chi connectivity index (χ3n) is 4.69. The first-order chi connectivity index (χ1) is 14.6. The van der Waals surface area contributed by atoms with Gasteiger partial charge in [0.05, 0.1) is 23.9 Å². The second kappa shape index (κ2) is 9.16. The standard InChI is InChI=1S/C21H18ClN3O3S2/c1-28-20(27)16-13-8-5-9-15(13)30-19(16)25-18(26)17-14(22)10-23-21(24-17)29-11-12-6-3-2-4-7-12/h2-4,6-7,10H,5,8-9,11H2,1H3,(H,25,26). The Morgan fingerprint density at radius 1 is 1.27 bits per heavy atom. The Morgan fingerprint density at radius 2 is 2.07 bits per heavy atom. The second-order valence-electron chi connectivity index (χ2n) is 6.63. The fourth-order valence-corrected chi connectivity index (χ4v) is 5.50. The molecule has 0 aliphatic heterocycles. The van der Waals surface area contributed by atoms with Gasteiger partial charge >= 0.3 is 5.97 Å². The number of nitrogens with one attached hydrogen (secondary N) is 1. The van der Waals surface area contributed by atoms with Crippen LogP contribution in [0.4, 0.5) is 5.00 Å². The van der Waals surface area contributed by atoms with E-state index >= 15 is 0 Å². The summed E-state index contributed by atoms with van der Waals surface area (Å²) in [6.45, 7) is 0. The fraction of sp³-hybridized carbons (Fsp3) is 0.238. The SMILES string of the molecule is COC(=O)c1c(NC(=O)c2nc(SCc3ccccc3)ncc2Cl)sc2c1CCC2. The molecule has 0 radical (unpaired) electrons. The summed E-state index contributed by atoms with van der Waals surface area (Å²) in [5.41, 5.74) is 2.61. The van der Waals surface area contributed by atoms with E-state index in [1.807, 2.05) is 30.3 Å². The molecule has 0 saturated heterocycles. The minimum absolute atomic E-state index is 0.0756. The van der Waals surface area contributed by atoms with Gasteiger partial charge in [0.25, 0.3) is 5.91 Å². The van der Waals surface area contributed by atoms with Crippen molar-refractivity contribution in [2.45, 2.75) is 30.2 Å². The van der Waals surface area contributed by atoms with E-state index in [0.29, 0.717) is 21.5 Å². The van der Waals surface area contributed by atoms with Crippen molar-refractivity contribution in [3.63, 3.8) is 0 Å². The predicted molar refractivity (Wildman–Crippen MR) is 119 cm³/mol. The van der Waals surface area contributed by atoms with Crippen LogP contribution in [-0.2, 0) is 23.3 Å². The van der Waals surface area contributed by atoms with Crippen LogP contribution in [0.15, 0.2) is 41.7 Å². The third kappa shape index (κ3) is 4.35. The number of methoxy groups -OCH3 is 1. The molecule has 1 N–H and O–H groups in total. The zero-order valence-corrected chi connectivity index (χ0v) is 18.5. The van der Waals surface area contributed by atoms with Crippen LogP contribution in [0.3, 0.4) is 0 Å². The molecule has 154 valence electrons. The van der Waals surface area contributed by atoms with E-state index in [1.165, 1.54) is 36.4 Å². The normalized spacial score (nSPS) is 12.5. The van der Waals surface area contributed by atoms with Gasteiger partial charge in [-0.2, -0.15) is 0 Å². The molecule has 0 bridgehead atoms. The van der Waals surface area contributed by atoms with E-state index in [1.54, 1.807) is 0 Å². The summed E-state index contributed by atoms with van der Waals surface area (Å²) >= 11 is 9.02. The maximum absolute atomic E-state index is 12.9. The van der Waals surface area contributed by atoms with Crippen LogP contribution in [0.5, 0.6) is 0 Å². The number of hydrogen-bond donors (Lipinski definition) is 1. The molecule has 30 heavy (non-hydrogen) atoms. The molecule has 2 heterocycles. The Hall–Kier alpha value is -2.42. The monoisotopic (exact) mass is 459 g/mol. The highest BCUT2D eigenvalue weighted by atomic mass is 35.5. The summed E-state index contributed by atoms with van der Waals surface area (Å²) in [6.07, 6.45) is 4.13. The molecule has 0 unspecified atom stereocenters. The number of nitrogens with zero attached hydrogens (tertiary/aromatic N) is 2.